The first-order chi connectivity index (χ1) is 13.4. The molecule has 6 nitrogen and oxygen atoms in total. The molecule has 0 saturated carbocycles. The number of carbonyl (C=O) groups excluding carboxylic acids is 1. The zero-order chi connectivity index (χ0) is 20.3. The number of aromatic amines is 2. The van der Waals surface area contributed by atoms with Crippen LogP contribution in [0.4, 0.5) is 0 Å². The fraction of sp³-hybridized carbons (Fsp3) is 0.409. The van der Waals surface area contributed by atoms with Crippen molar-refractivity contribution in [2.75, 3.05) is 6.54 Å². The van der Waals surface area contributed by atoms with E-state index in [-0.39, 0.29) is 17.6 Å². The molecule has 0 unspecified atom stereocenters. The van der Waals surface area contributed by atoms with Gasteiger partial charge in [0.15, 0.2) is 0 Å². The molecule has 1 aromatic carbocycles. The Morgan fingerprint density at radius 2 is 1.93 bits per heavy atom. The number of nitrogens with one attached hydrogen (secondary N) is 2. The maximum atomic E-state index is 12.9. The predicted molar refractivity (Wildman–Crippen MR) is 112 cm³/mol. The number of carbonyl (C=O) groups is 1. The molecule has 28 heavy (non-hydrogen) atoms. The molecule has 2 heterocycles. The lowest BCUT2D eigenvalue weighted by Gasteiger charge is -2.27. The summed E-state index contributed by atoms with van der Waals surface area (Å²) in [5.74, 6) is 0.125. The van der Waals surface area contributed by atoms with Crippen LogP contribution < -0.4 is 5.69 Å². The van der Waals surface area contributed by atoms with E-state index in [0.717, 1.165) is 23.2 Å². The fourth-order valence-corrected chi connectivity index (χ4v) is 3.75. The van der Waals surface area contributed by atoms with Gasteiger partial charge in [-0.15, -0.1) is 0 Å². The number of aromatic nitrogens is 3. The Morgan fingerprint density at radius 3 is 2.64 bits per heavy atom. The second-order valence-corrected chi connectivity index (χ2v) is 7.52. The molecule has 0 aliphatic carbocycles. The van der Waals surface area contributed by atoms with Crippen LogP contribution in [0.5, 0.6) is 0 Å². The van der Waals surface area contributed by atoms with E-state index in [1.165, 1.54) is 10.9 Å². The van der Waals surface area contributed by atoms with E-state index in [0.29, 0.717) is 25.1 Å². The number of amides is 1. The number of benzene rings is 1. The Morgan fingerprint density at radius 1 is 1.18 bits per heavy atom. The van der Waals surface area contributed by atoms with E-state index in [1.54, 1.807) is 0 Å². The fourth-order valence-electron chi connectivity index (χ4n) is 3.75. The van der Waals surface area contributed by atoms with Crippen LogP contribution in [-0.2, 0) is 17.6 Å². The Hall–Kier alpha value is -2.89. The molecule has 0 bridgehead atoms. The van der Waals surface area contributed by atoms with E-state index < -0.39 is 0 Å². The number of H-pyrrole nitrogens is 2. The molecule has 3 rings (SSSR count). The normalized spacial score (nSPS) is 11.3. The van der Waals surface area contributed by atoms with Crippen molar-refractivity contribution < 1.29 is 4.79 Å². The molecule has 0 spiro atoms. The van der Waals surface area contributed by atoms with E-state index >= 15 is 0 Å². The second-order valence-electron chi connectivity index (χ2n) is 7.52. The lowest BCUT2D eigenvalue weighted by Crippen LogP contribution is -2.38. The highest BCUT2D eigenvalue weighted by atomic mass is 16.2. The van der Waals surface area contributed by atoms with Crippen LogP contribution in [0, 0.1) is 13.8 Å². The van der Waals surface area contributed by atoms with Gasteiger partial charge in [-0.25, -0.2) is 4.79 Å². The van der Waals surface area contributed by atoms with Crippen molar-refractivity contribution in [1.29, 1.82) is 0 Å². The van der Waals surface area contributed by atoms with Crippen LogP contribution in [0.2, 0.25) is 0 Å². The van der Waals surface area contributed by atoms with Crippen molar-refractivity contribution in [3.8, 4) is 0 Å². The molecule has 1 amide bonds. The van der Waals surface area contributed by atoms with Crippen LogP contribution >= 0.6 is 0 Å². The first kappa shape index (κ1) is 19.9. The van der Waals surface area contributed by atoms with Crippen molar-refractivity contribution in [2.24, 2.45) is 0 Å². The van der Waals surface area contributed by atoms with Gasteiger partial charge in [0.2, 0.25) is 5.91 Å². The first-order valence-corrected chi connectivity index (χ1v) is 9.77. The zero-order valence-electron chi connectivity index (χ0n) is 17.0. The molecule has 0 aliphatic heterocycles. The lowest BCUT2D eigenvalue weighted by molar-refractivity contribution is -0.132. The molecular weight excluding hydrogens is 352 g/mol. The minimum atomic E-state index is -0.340. The predicted octanol–water partition coefficient (Wildman–Crippen LogP) is 3.28. The molecular formula is C22H28N4O2. The van der Waals surface area contributed by atoms with Gasteiger partial charge in [-0.3, -0.25) is 4.79 Å². The van der Waals surface area contributed by atoms with Crippen LogP contribution in [0.3, 0.4) is 0 Å². The molecule has 0 atom stereocenters. The number of hydrogen-bond donors (Lipinski definition) is 2. The Kier molecular flexibility index (Phi) is 5.97. The topological polar surface area (TPSA) is 81.8 Å². The molecule has 2 aromatic heterocycles. The highest BCUT2D eigenvalue weighted by Crippen LogP contribution is 2.19. The maximum Gasteiger partial charge on any atom is 0.345 e. The van der Waals surface area contributed by atoms with Crippen molar-refractivity contribution >= 4 is 16.8 Å². The Labute approximate surface area is 165 Å². The third-order valence-electron chi connectivity index (χ3n) is 5.28. The van der Waals surface area contributed by atoms with Crippen LogP contribution in [0.1, 0.15) is 42.8 Å². The highest BCUT2D eigenvalue weighted by molar-refractivity contribution is 5.83. The van der Waals surface area contributed by atoms with Gasteiger partial charge in [-0.2, -0.15) is 4.98 Å². The minimum absolute atomic E-state index is 0.125. The van der Waals surface area contributed by atoms with E-state index in [1.807, 2.05) is 50.9 Å². The number of aryl methyl sites for hydroxylation is 2. The molecule has 0 radical (unpaired) electrons. The molecule has 148 valence electrons. The van der Waals surface area contributed by atoms with Crippen LogP contribution in [0.15, 0.2) is 35.3 Å². The van der Waals surface area contributed by atoms with Gasteiger partial charge in [-0.1, -0.05) is 18.2 Å². The molecule has 0 saturated heterocycles. The Bertz CT molecular complexity index is 1010. The summed E-state index contributed by atoms with van der Waals surface area (Å²) in [7, 11) is 0. The van der Waals surface area contributed by atoms with Gasteiger partial charge < -0.3 is 14.9 Å². The molecule has 0 fully saturated rings. The van der Waals surface area contributed by atoms with Gasteiger partial charge in [0.1, 0.15) is 0 Å². The van der Waals surface area contributed by atoms with Crippen LogP contribution in [-0.4, -0.2) is 38.3 Å². The smallest absolute Gasteiger partial charge is 0.345 e. The van der Waals surface area contributed by atoms with Gasteiger partial charge in [0, 0.05) is 47.5 Å². The number of fused-ring (bicyclic) bond motifs is 1. The summed E-state index contributed by atoms with van der Waals surface area (Å²) in [6, 6.07) is 8.36. The van der Waals surface area contributed by atoms with Crippen molar-refractivity contribution in [1.82, 2.24) is 19.9 Å². The highest BCUT2D eigenvalue weighted by Gasteiger charge is 2.18. The number of para-hydroxylation sites is 1. The van der Waals surface area contributed by atoms with E-state index in [4.69, 9.17) is 0 Å². The summed E-state index contributed by atoms with van der Waals surface area (Å²) in [4.78, 5) is 36.2. The first-order valence-electron chi connectivity index (χ1n) is 9.77. The number of rotatable bonds is 7. The largest absolute Gasteiger partial charge is 0.361 e. The van der Waals surface area contributed by atoms with Gasteiger partial charge >= 0.3 is 5.69 Å². The molecule has 3 aromatic rings. The minimum Gasteiger partial charge on any atom is -0.361 e. The summed E-state index contributed by atoms with van der Waals surface area (Å²) in [5, 5.41) is 1.21. The van der Waals surface area contributed by atoms with E-state index in [2.05, 4.69) is 27.1 Å². The summed E-state index contributed by atoms with van der Waals surface area (Å²) in [6.07, 6.45) is 3.83. The summed E-state index contributed by atoms with van der Waals surface area (Å²) >= 11 is 0. The summed E-state index contributed by atoms with van der Waals surface area (Å²) in [6.45, 7) is 8.45. The average molecular weight is 380 g/mol. The third-order valence-corrected chi connectivity index (χ3v) is 5.28. The van der Waals surface area contributed by atoms with Gasteiger partial charge in [-0.05, 0) is 57.7 Å². The van der Waals surface area contributed by atoms with Crippen molar-refractivity contribution in [3.63, 3.8) is 0 Å². The van der Waals surface area contributed by atoms with Gasteiger partial charge in [0.25, 0.3) is 0 Å². The van der Waals surface area contributed by atoms with Crippen molar-refractivity contribution in [2.45, 2.75) is 53.0 Å². The molecule has 0 aliphatic rings. The zero-order valence-corrected chi connectivity index (χ0v) is 17.0. The maximum absolute atomic E-state index is 12.9. The van der Waals surface area contributed by atoms with Gasteiger partial charge in [0.05, 0.1) is 0 Å². The summed E-state index contributed by atoms with van der Waals surface area (Å²) < 4.78 is 0. The quantitative estimate of drug-likeness (QED) is 0.660. The molecule has 6 heteroatoms. The number of hydrogen-bond acceptors (Lipinski definition) is 3. The number of nitrogens with zero attached hydrogens (tertiary/aromatic N) is 2. The van der Waals surface area contributed by atoms with E-state index in [9.17, 15) is 9.59 Å². The standard InChI is InChI=1S/C22H28N4O2/c1-14(2)26(12-11-17-13-23-20-8-6-5-7-19(17)20)21(27)10-9-18-15(3)24-22(28)25-16(18)4/h5-8,13-14,23H,9-12H2,1-4H3,(H,24,25,28). The van der Waals surface area contributed by atoms with Crippen LogP contribution in [0.25, 0.3) is 10.9 Å². The average Bonchev–Trinajstić information content (AvgIpc) is 3.04. The lowest BCUT2D eigenvalue weighted by atomic mass is 10.1. The SMILES string of the molecule is Cc1nc(=O)[nH]c(C)c1CCC(=O)N(CCc1c[nH]c2ccccc12)C(C)C. The third kappa shape index (κ3) is 4.32. The summed E-state index contributed by atoms with van der Waals surface area (Å²) in [5.41, 5.74) is 4.45. The van der Waals surface area contributed by atoms with Crippen molar-refractivity contribution in [3.05, 3.63) is 63.5 Å². The Balaban J connectivity index is 1.67. The molecule has 2 N–H and O–H groups in total. The monoisotopic (exact) mass is 380 g/mol. The second kappa shape index (κ2) is 8.42.